The SMILES string of the molecule is CCCc1cc([O])ccc1CC. The molecule has 1 aromatic rings. The fourth-order valence-corrected chi connectivity index (χ4v) is 1.45. The number of aryl methyl sites for hydroxylation is 2. The Balaban J connectivity index is 2.95. The molecule has 1 nitrogen and oxygen atoms in total. The Morgan fingerprint density at radius 2 is 1.92 bits per heavy atom. The van der Waals surface area contributed by atoms with Crippen LogP contribution in [-0.2, 0) is 17.9 Å². The van der Waals surface area contributed by atoms with E-state index in [1.165, 1.54) is 11.1 Å². The molecule has 0 bridgehead atoms. The third-order valence-corrected chi connectivity index (χ3v) is 2.08. The molecule has 0 N–H and O–H groups in total. The first kappa shape index (κ1) is 9.11. The van der Waals surface area contributed by atoms with E-state index in [4.69, 9.17) is 0 Å². The Morgan fingerprint density at radius 3 is 2.50 bits per heavy atom. The van der Waals surface area contributed by atoms with Crippen molar-refractivity contribution in [3.8, 4) is 5.75 Å². The van der Waals surface area contributed by atoms with E-state index in [0.717, 1.165) is 19.3 Å². The molecule has 0 unspecified atom stereocenters. The van der Waals surface area contributed by atoms with Crippen molar-refractivity contribution in [3.63, 3.8) is 0 Å². The second-order valence-electron chi connectivity index (χ2n) is 3.03. The molecule has 1 radical (unpaired) electrons. The van der Waals surface area contributed by atoms with Gasteiger partial charge in [0.05, 0.1) is 0 Å². The van der Waals surface area contributed by atoms with Crippen LogP contribution in [0.1, 0.15) is 31.4 Å². The highest BCUT2D eigenvalue weighted by atomic mass is 16.3. The molecule has 0 atom stereocenters. The van der Waals surface area contributed by atoms with Crippen LogP contribution in [0.2, 0.25) is 0 Å². The molecule has 0 aliphatic heterocycles. The molecule has 65 valence electrons. The summed E-state index contributed by atoms with van der Waals surface area (Å²) in [4.78, 5) is 0. The molecule has 0 spiro atoms. The average Bonchev–Trinajstić information content (AvgIpc) is 2.05. The fourth-order valence-electron chi connectivity index (χ4n) is 1.45. The summed E-state index contributed by atoms with van der Waals surface area (Å²) in [7, 11) is 0. The average molecular weight is 163 g/mol. The molecule has 0 saturated heterocycles. The molecule has 0 aromatic heterocycles. The molecule has 0 heterocycles. The standard InChI is InChI=1S/C11H15O/c1-3-5-10-8-11(12)7-6-9(10)4-2/h6-8H,3-5H2,1-2H3. The molecular weight excluding hydrogens is 148 g/mol. The third kappa shape index (κ3) is 2.00. The van der Waals surface area contributed by atoms with Crippen molar-refractivity contribution in [3.05, 3.63) is 29.3 Å². The van der Waals surface area contributed by atoms with Crippen molar-refractivity contribution in [1.82, 2.24) is 0 Å². The Hall–Kier alpha value is -0.980. The molecule has 0 aliphatic rings. The maximum atomic E-state index is 11.0. The lowest BCUT2D eigenvalue weighted by molar-refractivity contribution is 0.354. The lowest BCUT2D eigenvalue weighted by atomic mass is 10.0. The van der Waals surface area contributed by atoms with Crippen LogP contribution in [0.3, 0.4) is 0 Å². The highest BCUT2D eigenvalue weighted by molar-refractivity contribution is 5.34. The zero-order valence-corrected chi connectivity index (χ0v) is 7.76. The van der Waals surface area contributed by atoms with Gasteiger partial charge in [-0.25, -0.2) is 0 Å². The lowest BCUT2D eigenvalue weighted by Crippen LogP contribution is -1.91. The summed E-state index contributed by atoms with van der Waals surface area (Å²) in [5.41, 5.74) is 2.55. The second-order valence-corrected chi connectivity index (χ2v) is 3.03. The van der Waals surface area contributed by atoms with Crippen LogP contribution >= 0.6 is 0 Å². The van der Waals surface area contributed by atoms with Crippen molar-refractivity contribution in [1.29, 1.82) is 0 Å². The first-order chi connectivity index (χ1) is 5.77. The van der Waals surface area contributed by atoms with Gasteiger partial charge in [-0.15, -0.1) is 0 Å². The van der Waals surface area contributed by atoms with Gasteiger partial charge < -0.3 is 0 Å². The quantitative estimate of drug-likeness (QED) is 0.651. The molecule has 1 heteroatoms. The largest absolute Gasteiger partial charge is 0.290 e. The van der Waals surface area contributed by atoms with E-state index in [-0.39, 0.29) is 5.75 Å². The molecule has 1 aromatic carbocycles. The topological polar surface area (TPSA) is 19.9 Å². The van der Waals surface area contributed by atoms with Gasteiger partial charge in [0.15, 0.2) is 5.75 Å². The van der Waals surface area contributed by atoms with Crippen molar-refractivity contribution >= 4 is 0 Å². The van der Waals surface area contributed by atoms with Gasteiger partial charge in [0, 0.05) is 0 Å². The van der Waals surface area contributed by atoms with Crippen LogP contribution in [0.25, 0.3) is 0 Å². The summed E-state index contributed by atoms with van der Waals surface area (Å²) in [6, 6.07) is 5.37. The van der Waals surface area contributed by atoms with E-state index < -0.39 is 0 Å². The Morgan fingerprint density at radius 1 is 1.17 bits per heavy atom. The number of rotatable bonds is 3. The van der Waals surface area contributed by atoms with Crippen LogP contribution < -0.4 is 0 Å². The lowest BCUT2D eigenvalue weighted by Gasteiger charge is -2.05. The number of hydrogen-bond donors (Lipinski definition) is 0. The van der Waals surface area contributed by atoms with Crippen LogP contribution in [0.15, 0.2) is 18.2 Å². The zero-order chi connectivity index (χ0) is 8.97. The molecule has 0 aliphatic carbocycles. The molecule has 0 fully saturated rings. The predicted octanol–water partition coefficient (Wildman–Crippen LogP) is 3.35. The summed E-state index contributed by atoms with van der Waals surface area (Å²) in [5, 5.41) is 11.0. The number of hydrogen-bond acceptors (Lipinski definition) is 0. The predicted molar refractivity (Wildman–Crippen MR) is 49.9 cm³/mol. The Kier molecular flexibility index (Phi) is 3.15. The van der Waals surface area contributed by atoms with Gasteiger partial charge in [-0.3, -0.25) is 5.11 Å². The molecule has 1 rings (SSSR count). The molecular formula is C11H15O. The summed E-state index contributed by atoms with van der Waals surface area (Å²) in [6.45, 7) is 4.26. The second kappa shape index (κ2) is 4.15. The maximum absolute atomic E-state index is 11.0. The maximum Gasteiger partial charge on any atom is 0.178 e. The van der Waals surface area contributed by atoms with Gasteiger partial charge in [-0.1, -0.05) is 26.3 Å². The van der Waals surface area contributed by atoms with E-state index in [1.54, 1.807) is 12.1 Å². The van der Waals surface area contributed by atoms with Crippen LogP contribution in [0, 0.1) is 0 Å². The van der Waals surface area contributed by atoms with Crippen molar-refractivity contribution in [2.75, 3.05) is 0 Å². The zero-order valence-electron chi connectivity index (χ0n) is 7.76. The van der Waals surface area contributed by atoms with Crippen LogP contribution in [0.5, 0.6) is 5.75 Å². The van der Waals surface area contributed by atoms with E-state index in [2.05, 4.69) is 13.8 Å². The van der Waals surface area contributed by atoms with E-state index in [0.29, 0.717) is 0 Å². The van der Waals surface area contributed by atoms with Crippen molar-refractivity contribution in [2.45, 2.75) is 33.1 Å². The van der Waals surface area contributed by atoms with Gasteiger partial charge in [0.1, 0.15) is 0 Å². The fraction of sp³-hybridized carbons (Fsp3) is 0.455. The smallest absolute Gasteiger partial charge is 0.178 e. The van der Waals surface area contributed by atoms with E-state index in [9.17, 15) is 5.11 Å². The minimum absolute atomic E-state index is 0.135. The summed E-state index contributed by atoms with van der Waals surface area (Å²) >= 11 is 0. The first-order valence-electron chi connectivity index (χ1n) is 4.56. The van der Waals surface area contributed by atoms with Gasteiger partial charge >= 0.3 is 0 Å². The van der Waals surface area contributed by atoms with Gasteiger partial charge in [-0.05, 0) is 36.1 Å². The molecule has 0 amide bonds. The third-order valence-electron chi connectivity index (χ3n) is 2.08. The molecule has 12 heavy (non-hydrogen) atoms. The van der Waals surface area contributed by atoms with E-state index >= 15 is 0 Å². The summed E-state index contributed by atoms with van der Waals surface area (Å²) in [5.74, 6) is 0.135. The summed E-state index contributed by atoms with van der Waals surface area (Å²) < 4.78 is 0. The molecule has 0 saturated carbocycles. The number of benzene rings is 1. The highest BCUT2D eigenvalue weighted by Gasteiger charge is 2.01. The minimum atomic E-state index is 0.135. The van der Waals surface area contributed by atoms with Gasteiger partial charge in [0.25, 0.3) is 0 Å². The van der Waals surface area contributed by atoms with Crippen LogP contribution in [0.4, 0.5) is 0 Å². The van der Waals surface area contributed by atoms with Crippen molar-refractivity contribution < 1.29 is 5.11 Å². The first-order valence-corrected chi connectivity index (χ1v) is 4.56. The Labute approximate surface area is 74.1 Å². The minimum Gasteiger partial charge on any atom is -0.290 e. The van der Waals surface area contributed by atoms with E-state index in [1.807, 2.05) is 6.07 Å². The normalized spacial score (nSPS) is 10.2. The summed E-state index contributed by atoms with van der Waals surface area (Å²) in [6.07, 6.45) is 3.16. The Bertz CT molecular complexity index is 253. The highest BCUT2D eigenvalue weighted by Crippen LogP contribution is 2.18. The van der Waals surface area contributed by atoms with Gasteiger partial charge in [0.2, 0.25) is 0 Å². The van der Waals surface area contributed by atoms with Gasteiger partial charge in [-0.2, -0.15) is 0 Å². The van der Waals surface area contributed by atoms with Crippen LogP contribution in [-0.4, -0.2) is 0 Å². The van der Waals surface area contributed by atoms with Crippen molar-refractivity contribution in [2.24, 2.45) is 0 Å². The monoisotopic (exact) mass is 163 g/mol.